The SMILES string of the molecule is CSc1cccc(COc2ccc(-c3[nH]ncc3CO)nc2)c1. The van der Waals surface area contributed by atoms with Gasteiger partial charge in [-0.15, -0.1) is 11.8 Å². The molecule has 0 unspecified atom stereocenters. The fourth-order valence-electron chi connectivity index (χ4n) is 2.20. The van der Waals surface area contributed by atoms with Crippen molar-refractivity contribution in [2.45, 2.75) is 18.1 Å². The third-order valence-corrected chi connectivity index (χ3v) is 4.15. The first-order valence-corrected chi connectivity index (χ1v) is 8.38. The van der Waals surface area contributed by atoms with Crippen LogP contribution in [0.25, 0.3) is 11.4 Å². The molecule has 0 aliphatic rings. The highest BCUT2D eigenvalue weighted by Gasteiger charge is 2.08. The number of hydrogen-bond acceptors (Lipinski definition) is 5. The molecule has 23 heavy (non-hydrogen) atoms. The quantitative estimate of drug-likeness (QED) is 0.680. The van der Waals surface area contributed by atoms with Crippen LogP contribution >= 0.6 is 11.8 Å². The third-order valence-electron chi connectivity index (χ3n) is 3.42. The van der Waals surface area contributed by atoms with Crippen LogP contribution in [0.3, 0.4) is 0 Å². The van der Waals surface area contributed by atoms with Gasteiger partial charge in [-0.2, -0.15) is 5.10 Å². The molecule has 0 fully saturated rings. The van der Waals surface area contributed by atoms with E-state index in [0.29, 0.717) is 12.4 Å². The normalized spacial score (nSPS) is 10.7. The Labute approximate surface area is 138 Å². The number of aliphatic hydroxyl groups is 1. The lowest BCUT2D eigenvalue weighted by Gasteiger charge is -2.08. The molecule has 3 rings (SSSR count). The maximum Gasteiger partial charge on any atom is 0.138 e. The van der Waals surface area contributed by atoms with Crippen molar-refractivity contribution in [3.8, 4) is 17.1 Å². The van der Waals surface area contributed by atoms with Crippen LogP contribution in [0.1, 0.15) is 11.1 Å². The minimum atomic E-state index is -0.0719. The number of aromatic amines is 1. The van der Waals surface area contributed by atoms with Crippen molar-refractivity contribution in [3.63, 3.8) is 0 Å². The average molecular weight is 327 g/mol. The number of hydrogen-bond donors (Lipinski definition) is 2. The van der Waals surface area contributed by atoms with Crippen LogP contribution in [0.4, 0.5) is 0 Å². The zero-order valence-electron chi connectivity index (χ0n) is 12.7. The van der Waals surface area contributed by atoms with Gasteiger partial charge in [0.05, 0.1) is 30.4 Å². The van der Waals surface area contributed by atoms with E-state index in [2.05, 4.69) is 33.6 Å². The van der Waals surface area contributed by atoms with Crippen LogP contribution < -0.4 is 4.74 Å². The van der Waals surface area contributed by atoms with Gasteiger partial charge in [-0.25, -0.2) is 0 Å². The molecule has 0 saturated carbocycles. The van der Waals surface area contributed by atoms with Gasteiger partial charge in [0, 0.05) is 10.5 Å². The summed E-state index contributed by atoms with van der Waals surface area (Å²) in [6, 6.07) is 12.0. The predicted octanol–water partition coefficient (Wildman–Crippen LogP) is 3.26. The van der Waals surface area contributed by atoms with E-state index < -0.39 is 0 Å². The minimum Gasteiger partial charge on any atom is -0.487 e. The highest BCUT2D eigenvalue weighted by molar-refractivity contribution is 7.98. The molecule has 118 valence electrons. The third kappa shape index (κ3) is 3.72. The minimum absolute atomic E-state index is 0.0719. The summed E-state index contributed by atoms with van der Waals surface area (Å²) >= 11 is 1.71. The number of ether oxygens (including phenoxy) is 1. The second kappa shape index (κ2) is 7.30. The molecule has 6 heteroatoms. The average Bonchev–Trinajstić information content (AvgIpc) is 3.09. The molecule has 0 aliphatic carbocycles. The number of benzene rings is 1. The Bertz CT molecular complexity index is 772. The van der Waals surface area contributed by atoms with Crippen LogP contribution in [-0.2, 0) is 13.2 Å². The Morgan fingerprint density at radius 3 is 2.87 bits per heavy atom. The van der Waals surface area contributed by atoms with E-state index in [1.165, 1.54) is 4.90 Å². The fraction of sp³-hybridized carbons (Fsp3) is 0.176. The van der Waals surface area contributed by atoms with Gasteiger partial charge in [0.25, 0.3) is 0 Å². The summed E-state index contributed by atoms with van der Waals surface area (Å²) in [6.45, 7) is 0.429. The Hall–Kier alpha value is -2.31. The predicted molar refractivity (Wildman–Crippen MR) is 90.3 cm³/mol. The van der Waals surface area contributed by atoms with Crippen molar-refractivity contribution in [2.75, 3.05) is 6.26 Å². The van der Waals surface area contributed by atoms with E-state index in [-0.39, 0.29) is 6.61 Å². The van der Waals surface area contributed by atoms with E-state index in [9.17, 15) is 5.11 Å². The first kappa shape index (κ1) is 15.6. The number of aliphatic hydroxyl groups excluding tert-OH is 1. The summed E-state index contributed by atoms with van der Waals surface area (Å²) in [5.74, 6) is 0.702. The highest BCUT2D eigenvalue weighted by Crippen LogP contribution is 2.22. The van der Waals surface area contributed by atoms with Crippen LogP contribution in [0, 0.1) is 0 Å². The molecule has 0 spiro atoms. The van der Waals surface area contributed by atoms with E-state index in [4.69, 9.17) is 4.74 Å². The summed E-state index contributed by atoms with van der Waals surface area (Å²) in [5.41, 5.74) is 3.30. The van der Waals surface area contributed by atoms with Gasteiger partial charge in [0.2, 0.25) is 0 Å². The molecule has 5 nitrogen and oxygen atoms in total. The largest absolute Gasteiger partial charge is 0.487 e. The van der Waals surface area contributed by atoms with Crippen molar-refractivity contribution in [1.82, 2.24) is 15.2 Å². The molecule has 2 aromatic heterocycles. The first-order chi connectivity index (χ1) is 11.3. The lowest BCUT2D eigenvalue weighted by Crippen LogP contribution is -1.96. The molecule has 0 aliphatic heterocycles. The number of rotatable bonds is 6. The summed E-state index contributed by atoms with van der Waals surface area (Å²) in [5, 5.41) is 16.0. The summed E-state index contributed by atoms with van der Waals surface area (Å²) in [6.07, 6.45) is 5.33. The number of thioether (sulfide) groups is 1. The Balaban J connectivity index is 1.68. The van der Waals surface area contributed by atoms with Gasteiger partial charge in [-0.3, -0.25) is 10.1 Å². The van der Waals surface area contributed by atoms with Gasteiger partial charge in [0.1, 0.15) is 12.4 Å². The summed E-state index contributed by atoms with van der Waals surface area (Å²) < 4.78 is 5.77. The molecule has 0 bridgehead atoms. The molecular weight excluding hydrogens is 310 g/mol. The first-order valence-electron chi connectivity index (χ1n) is 7.15. The highest BCUT2D eigenvalue weighted by atomic mass is 32.2. The molecular formula is C17H17N3O2S. The van der Waals surface area contributed by atoms with Gasteiger partial charge < -0.3 is 9.84 Å². The maximum absolute atomic E-state index is 9.26. The summed E-state index contributed by atoms with van der Waals surface area (Å²) in [4.78, 5) is 5.58. The molecule has 0 saturated heterocycles. The van der Waals surface area contributed by atoms with Crippen molar-refractivity contribution in [3.05, 3.63) is 59.9 Å². The van der Waals surface area contributed by atoms with E-state index in [0.717, 1.165) is 22.5 Å². The zero-order valence-corrected chi connectivity index (χ0v) is 13.5. The van der Waals surface area contributed by atoms with Gasteiger partial charge >= 0.3 is 0 Å². The standard InChI is InChI=1S/C17H17N3O2S/c1-23-15-4-2-3-12(7-15)11-22-14-5-6-16(18-9-14)17-13(10-21)8-19-20-17/h2-9,21H,10-11H2,1H3,(H,19,20). The van der Waals surface area contributed by atoms with E-state index in [1.807, 2.05) is 24.3 Å². The van der Waals surface area contributed by atoms with Crippen molar-refractivity contribution < 1.29 is 9.84 Å². The number of nitrogens with one attached hydrogen (secondary N) is 1. The van der Waals surface area contributed by atoms with Crippen LogP contribution in [0.15, 0.2) is 53.7 Å². The Morgan fingerprint density at radius 1 is 1.22 bits per heavy atom. The van der Waals surface area contributed by atoms with Crippen LogP contribution in [-0.4, -0.2) is 26.5 Å². The lowest BCUT2D eigenvalue weighted by atomic mass is 10.2. The number of aromatic nitrogens is 3. The number of pyridine rings is 1. The van der Waals surface area contributed by atoms with E-state index in [1.54, 1.807) is 24.2 Å². The van der Waals surface area contributed by atoms with Crippen molar-refractivity contribution >= 4 is 11.8 Å². The van der Waals surface area contributed by atoms with Crippen molar-refractivity contribution in [1.29, 1.82) is 0 Å². The van der Waals surface area contributed by atoms with Crippen LogP contribution in [0.5, 0.6) is 5.75 Å². The topological polar surface area (TPSA) is 71.0 Å². The monoisotopic (exact) mass is 327 g/mol. The molecule has 0 amide bonds. The molecule has 0 radical (unpaired) electrons. The number of H-pyrrole nitrogens is 1. The van der Waals surface area contributed by atoms with Gasteiger partial charge in [-0.05, 0) is 36.1 Å². The zero-order chi connectivity index (χ0) is 16.1. The smallest absolute Gasteiger partial charge is 0.138 e. The van der Waals surface area contributed by atoms with E-state index >= 15 is 0 Å². The van der Waals surface area contributed by atoms with Crippen LogP contribution in [0.2, 0.25) is 0 Å². The van der Waals surface area contributed by atoms with Crippen molar-refractivity contribution in [2.24, 2.45) is 0 Å². The molecule has 0 atom stereocenters. The summed E-state index contributed by atoms with van der Waals surface area (Å²) in [7, 11) is 0. The fourth-order valence-corrected chi connectivity index (χ4v) is 2.68. The molecule has 2 heterocycles. The maximum atomic E-state index is 9.26. The van der Waals surface area contributed by atoms with Gasteiger partial charge in [-0.1, -0.05) is 12.1 Å². The molecule has 3 aromatic rings. The number of nitrogens with zero attached hydrogens (tertiary/aromatic N) is 2. The lowest BCUT2D eigenvalue weighted by molar-refractivity contribution is 0.282. The second-order valence-electron chi connectivity index (χ2n) is 4.95. The molecule has 1 aromatic carbocycles. The second-order valence-corrected chi connectivity index (χ2v) is 5.83. The Kier molecular flexibility index (Phi) is 4.95. The van der Waals surface area contributed by atoms with Gasteiger partial charge in [0.15, 0.2) is 0 Å². The molecule has 2 N–H and O–H groups in total. The Morgan fingerprint density at radius 2 is 2.13 bits per heavy atom.